The minimum Gasteiger partial charge on any atom is -0.206 e. The van der Waals surface area contributed by atoms with Crippen molar-refractivity contribution in [2.75, 3.05) is 0 Å². The molecule has 36 heavy (non-hydrogen) atoms. The van der Waals surface area contributed by atoms with E-state index in [4.69, 9.17) is 0 Å². The Hall–Kier alpha value is -2.85. The Bertz CT molecular complexity index is 1180. The summed E-state index contributed by atoms with van der Waals surface area (Å²) < 4.78 is 15.3. The molecule has 0 heterocycles. The van der Waals surface area contributed by atoms with E-state index in [1.54, 1.807) is 0 Å². The summed E-state index contributed by atoms with van der Waals surface area (Å²) in [6, 6.07) is 18.3. The van der Waals surface area contributed by atoms with Gasteiger partial charge in [-0.05, 0) is 78.3 Å². The Morgan fingerprint density at radius 3 is 2.25 bits per heavy atom. The van der Waals surface area contributed by atoms with Crippen LogP contribution in [0.3, 0.4) is 0 Å². The van der Waals surface area contributed by atoms with Crippen LogP contribution >= 0.6 is 0 Å². The van der Waals surface area contributed by atoms with Crippen LogP contribution in [0.5, 0.6) is 0 Å². The standard InChI is InChI=1S/C35H41F/c1-3-5-7-9-28-12-16-30(17-13-28)20-22-32-23-24-33-26-31(21-25-34(33)35(32)36)19-18-29-14-10-27(11-15-29)8-6-4-2/h4,10-11,14-15,21,23-26,28,30H,2-3,5-9,12-13,16-17,20,22H2,1H3. The maximum Gasteiger partial charge on any atom is 0.134 e. The van der Waals surface area contributed by atoms with Gasteiger partial charge in [0.1, 0.15) is 5.82 Å². The molecule has 0 atom stereocenters. The molecular formula is C35H41F. The van der Waals surface area contributed by atoms with Crippen molar-refractivity contribution in [2.45, 2.75) is 84.0 Å². The zero-order chi connectivity index (χ0) is 25.2. The predicted molar refractivity (Wildman–Crippen MR) is 153 cm³/mol. The molecule has 0 spiro atoms. The summed E-state index contributed by atoms with van der Waals surface area (Å²) in [7, 11) is 0. The summed E-state index contributed by atoms with van der Waals surface area (Å²) in [4.78, 5) is 0. The van der Waals surface area contributed by atoms with Crippen molar-refractivity contribution in [3.8, 4) is 11.8 Å². The molecule has 1 saturated carbocycles. The number of allylic oxidation sites excluding steroid dienone is 1. The zero-order valence-electron chi connectivity index (χ0n) is 22.0. The van der Waals surface area contributed by atoms with Gasteiger partial charge in [-0.25, -0.2) is 4.39 Å². The van der Waals surface area contributed by atoms with Gasteiger partial charge in [-0.3, -0.25) is 0 Å². The number of benzene rings is 3. The molecule has 0 unspecified atom stereocenters. The first-order chi connectivity index (χ1) is 17.7. The van der Waals surface area contributed by atoms with Gasteiger partial charge in [0, 0.05) is 16.5 Å². The first-order valence-electron chi connectivity index (χ1n) is 14.1. The summed E-state index contributed by atoms with van der Waals surface area (Å²) >= 11 is 0. The lowest BCUT2D eigenvalue weighted by atomic mass is 9.77. The van der Waals surface area contributed by atoms with E-state index < -0.39 is 0 Å². The predicted octanol–water partition coefficient (Wildman–Crippen LogP) is 9.82. The molecular weight excluding hydrogens is 439 g/mol. The molecule has 0 amide bonds. The van der Waals surface area contributed by atoms with Gasteiger partial charge in [0.05, 0.1) is 0 Å². The first kappa shape index (κ1) is 26.2. The van der Waals surface area contributed by atoms with Crippen LogP contribution in [0.2, 0.25) is 0 Å². The molecule has 0 nitrogen and oxygen atoms in total. The van der Waals surface area contributed by atoms with Crippen molar-refractivity contribution in [3.63, 3.8) is 0 Å². The average Bonchev–Trinajstić information content (AvgIpc) is 2.92. The Morgan fingerprint density at radius 1 is 0.833 bits per heavy atom. The molecule has 0 aliphatic heterocycles. The highest BCUT2D eigenvalue weighted by atomic mass is 19.1. The lowest BCUT2D eigenvalue weighted by molar-refractivity contribution is 0.249. The van der Waals surface area contributed by atoms with Gasteiger partial charge in [0.2, 0.25) is 0 Å². The third kappa shape index (κ3) is 7.33. The molecule has 3 aromatic carbocycles. The topological polar surface area (TPSA) is 0 Å². The van der Waals surface area contributed by atoms with Crippen LogP contribution in [0.25, 0.3) is 10.8 Å². The number of fused-ring (bicyclic) bond motifs is 1. The van der Waals surface area contributed by atoms with E-state index in [1.807, 2.05) is 30.3 Å². The second-order valence-corrected chi connectivity index (χ2v) is 10.7. The zero-order valence-corrected chi connectivity index (χ0v) is 22.0. The summed E-state index contributed by atoms with van der Waals surface area (Å²) in [5.41, 5.74) is 4.07. The summed E-state index contributed by atoms with van der Waals surface area (Å²) in [5.74, 6) is 8.14. The fraction of sp³-hybridized carbons (Fsp3) is 0.429. The molecule has 3 aromatic rings. The summed E-state index contributed by atoms with van der Waals surface area (Å²) in [5, 5.41) is 1.64. The molecule has 0 radical (unpaired) electrons. The van der Waals surface area contributed by atoms with Gasteiger partial charge >= 0.3 is 0 Å². The number of rotatable bonds is 10. The van der Waals surface area contributed by atoms with E-state index in [2.05, 4.69) is 55.7 Å². The van der Waals surface area contributed by atoms with Crippen LogP contribution in [0.4, 0.5) is 4.39 Å². The highest BCUT2D eigenvalue weighted by molar-refractivity contribution is 5.85. The molecule has 1 heteroatoms. The number of halogens is 1. The molecule has 1 aliphatic carbocycles. The van der Waals surface area contributed by atoms with Crippen molar-refractivity contribution >= 4 is 10.8 Å². The van der Waals surface area contributed by atoms with E-state index in [9.17, 15) is 0 Å². The lowest BCUT2D eigenvalue weighted by Crippen LogP contribution is -2.15. The molecule has 0 N–H and O–H groups in total. The van der Waals surface area contributed by atoms with Crippen LogP contribution in [0, 0.1) is 29.5 Å². The van der Waals surface area contributed by atoms with Crippen LogP contribution in [-0.2, 0) is 12.8 Å². The van der Waals surface area contributed by atoms with Gasteiger partial charge in [-0.2, -0.15) is 0 Å². The van der Waals surface area contributed by atoms with Gasteiger partial charge in [0.25, 0.3) is 0 Å². The van der Waals surface area contributed by atoms with Gasteiger partial charge < -0.3 is 0 Å². The Morgan fingerprint density at radius 2 is 1.53 bits per heavy atom. The fourth-order valence-corrected chi connectivity index (χ4v) is 5.63. The normalized spacial score (nSPS) is 17.5. The summed E-state index contributed by atoms with van der Waals surface area (Å²) in [6.45, 7) is 6.06. The van der Waals surface area contributed by atoms with Gasteiger partial charge in [0.15, 0.2) is 0 Å². The van der Waals surface area contributed by atoms with E-state index >= 15 is 4.39 Å². The molecule has 0 aromatic heterocycles. The quantitative estimate of drug-likeness (QED) is 0.154. The largest absolute Gasteiger partial charge is 0.206 e. The number of hydrogen-bond acceptors (Lipinski definition) is 0. The monoisotopic (exact) mass is 480 g/mol. The minimum absolute atomic E-state index is 0.0460. The highest BCUT2D eigenvalue weighted by Gasteiger charge is 2.21. The SMILES string of the molecule is C=CCCc1ccc(C#Cc2ccc3c(F)c(CCC4CCC(CCCCC)CC4)ccc3c2)cc1. The highest BCUT2D eigenvalue weighted by Crippen LogP contribution is 2.35. The van der Waals surface area contributed by atoms with E-state index in [-0.39, 0.29) is 5.82 Å². The molecule has 1 fully saturated rings. The molecule has 4 rings (SSSR count). The van der Waals surface area contributed by atoms with Crippen molar-refractivity contribution in [1.82, 2.24) is 0 Å². The number of aryl methyl sites for hydroxylation is 2. The van der Waals surface area contributed by atoms with Gasteiger partial charge in [-0.15, -0.1) is 6.58 Å². The molecule has 1 aliphatic rings. The second-order valence-electron chi connectivity index (χ2n) is 10.7. The fourth-order valence-electron chi connectivity index (χ4n) is 5.63. The smallest absolute Gasteiger partial charge is 0.134 e. The maximum atomic E-state index is 15.3. The van der Waals surface area contributed by atoms with Crippen molar-refractivity contribution in [3.05, 3.63) is 95.3 Å². The minimum atomic E-state index is -0.0460. The molecule has 0 bridgehead atoms. The lowest BCUT2D eigenvalue weighted by Gasteiger charge is -2.28. The van der Waals surface area contributed by atoms with E-state index in [0.29, 0.717) is 5.39 Å². The van der Waals surface area contributed by atoms with Crippen molar-refractivity contribution < 1.29 is 4.39 Å². The average molecular weight is 481 g/mol. The Kier molecular flexibility index (Phi) is 9.80. The third-order valence-electron chi connectivity index (χ3n) is 7.98. The van der Waals surface area contributed by atoms with E-state index in [0.717, 1.165) is 59.6 Å². The maximum absolute atomic E-state index is 15.3. The van der Waals surface area contributed by atoms with Crippen molar-refractivity contribution in [1.29, 1.82) is 0 Å². The van der Waals surface area contributed by atoms with Crippen molar-refractivity contribution in [2.24, 2.45) is 11.8 Å². The Balaban J connectivity index is 1.34. The van der Waals surface area contributed by atoms with Gasteiger partial charge in [-0.1, -0.05) is 107 Å². The molecule has 0 saturated heterocycles. The number of unbranched alkanes of at least 4 members (excludes halogenated alkanes) is 2. The first-order valence-corrected chi connectivity index (χ1v) is 14.1. The van der Waals surface area contributed by atoms with Crippen LogP contribution in [0.1, 0.15) is 93.4 Å². The van der Waals surface area contributed by atoms with E-state index in [1.165, 1.54) is 56.9 Å². The number of hydrogen-bond donors (Lipinski definition) is 0. The Labute approximate surface area is 218 Å². The third-order valence-corrected chi connectivity index (χ3v) is 7.98. The molecule has 188 valence electrons. The summed E-state index contributed by atoms with van der Waals surface area (Å²) in [6.07, 6.45) is 16.8. The van der Waals surface area contributed by atoms with Crippen LogP contribution in [-0.4, -0.2) is 0 Å². The second kappa shape index (κ2) is 13.5. The van der Waals surface area contributed by atoms with Crippen LogP contribution in [0.15, 0.2) is 67.3 Å². The van der Waals surface area contributed by atoms with Crippen LogP contribution < -0.4 is 0 Å².